The second-order valence-corrected chi connectivity index (χ2v) is 8.54. The number of benzene rings is 1. The zero-order valence-corrected chi connectivity index (χ0v) is 18.8. The molecule has 2 amide bonds. The summed E-state index contributed by atoms with van der Waals surface area (Å²) in [6.45, 7) is 6.94. The second-order valence-electron chi connectivity index (χ2n) is 8.54. The number of piperidine rings is 1. The number of aromatic nitrogens is 2. The van der Waals surface area contributed by atoms with E-state index < -0.39 is 0 Å². The van der Waals surface area contributed by atoms with Gasteiger partial charge in [0.2, 0.25) is 17.7 Å². The summed E-state index contributed by atoms with van der Waals surface area (Å²) in [5.74, 6) is 1.60. The van der Waals surface area contributed by atoms with Crippen molar-refractivity contribution in [2.75, 3.05) is 42.6 Å². The van der Waals surface area contributed by atoms with Crippen LogP contribution in [-0.2, 0) is 9.59 Å². The lowest BCUT2D eigenvalue weighted by Gasteiger charge is -2.28. The predicted molar refractivity (Wildman–Crippen MR) is 123 cm³/mol. The molecule has 1 aromatic carbocycles. The first-order valence-corrected chi connectivity index (χ1v) is 11.4. The molecular weight excluding hydrogens is 406 g/mol. The van der Waals surface area contributed by atoms with Crippen LogP contribution >= 0.6 is 0 Å². The van der Waals surface area contributed by atoms with Crippen molar-refractivity contribution >= 4 is 23.3 Å². The molecule has 2 aliphatic heterocycles. The molecule has 170 valence electrons. The molecule has 1 unspecified atom stereocenters. The molecule has 4 rings (SSSR count). The molecule has 2 saturated heterocycles. The molecule has 1 atom stereocenters. The number of carbonyl (C=O) groups is 2. The third-order valence-corrected chi connectivity index (χ3v) is 5.97. The molecule has 0 saturated carbocycles. The Morgan fingerprint density at radius 3 is 2.62 bits per heavy atom. The van der Waals surface area contributed by atoms with Gasteiger partial charge in [-0.15, -0.1) is 0 Å². The van der Waals surface area contributed by atoms with Crippen LogP contribution in [0.1, 0.15) is 37.1 Å². The number of amides is 2. The Hall–Kier alpha value is -3.16. The van der Waals surface area contributed by atoms with Gasteiger partial charge in [-0.1, -0.05) is 17.7 Å². The van der Waals surface area contributed by atoms with Gasteiger partial charge in [-0.2, -0.15) is 4.98 Å². The summed E-state index contributed by atoms with van der Waals surface area (Å²) in [4.78, 5) is 37.8. The maximum atomic E-state index is 12.6. The van der Waals surface area contributed by atoms with E-state index in [4.69, 9.17) is 4.74 Å². The van der Waals surface area contributed by atoms with E-state index in [9.17, 15) is 9.59 Å². The molecular formula is C24H31N5O3. The number of aryl methyl sites for hydroxylation is 2. The van der Waals surface area contributed by atoms with Crippen molar-refractivity contribution in [2.24, 2.45) is 5.92 Å². The van der Waals surface area contributed by atoms with Crippen LogP contribution in [0.15, 0.2) is 30.3 Å². The quantitative estimate of drug-likeness (QED) is 0.670. The number of nitrogens with one attached hydrogen (secondary N) is 1. The standard InChI is InChI=1S/C24H31N5O3/c1-17-6-8-20(9-7-17)29-16-19(14-23(29)30)24(31)25-10-13-32-22-15-21(26-18(2)27-22)28-11-4-3-5-12-28/h6-9,15,19H,3-5,10-14,16H2,1-2H3,(H,25,31). The monoisotopic (exact) mass is 437 g/mol. The molecule has 0 bridgehead atoms. The van der Waals surface area contributed by atoms with Crippen LogP contribution in [0, 0.1) is 19.8 Å². The van der Waals surface area contributed by atoms with Crippen molar-refractivity contribution in [3.05, 3.63) is 41.7 Å². The van der Waals surface area contributed by atoms with E-state index in [0.717, 1.165) is 30.2 Å². The maximum Gasteiger partial charge on any atom is 0.227 e. The van der Waals surface area contributed by atoms with Crippen LogP contribution in [0.4, 0.5) is 11.5 Å². The van der Waals surface area contributed by atoms with Gasteiger partial charge >= 0.3 is 0 Å². The fourth-order valence-corrected chi connectivity index (χ4v) is 4.22. The zero-order valence-electron chi connectivity index (χ0n) is 18.8. The highest BCUT2D eigenvalue weighted by Gasteiger charge is 2.34. The average Bonchev–Trinajstić information content (AvgIpc) is 3.19. The van der Waals surface area contributed by atoms with Gasteiger partial charge in [-0.05, 0) is 45.2 Å². The summed E-state index contributed by atoms with van der Waals surface area (Å²) in [7, 11) is 0. The first kappa shape index (κ1) is 22.0. The predicted octanol–water partition coefficient (Wildman–Crippen LogP) is 2.63. The Labute approximate surface area is 189 Å². The maximum absolute atomic E-state index is 12.6. The summed E-state index contributed by atoms with van der Waals surface area (Å²) in [6.07, 6.45) is 3.84. The summed E-state index contributed by atoms with van der Waals surface area (Å²) in [5.41, 5.74) is 1.97. The van der Waals surface area contributed by atoms with Crippen molar-refractivity contribution in [1.82, 2.24) is 15.3 Å². The van der Waals surface area contributed by atoms with Crippen molar-refractivity contribution in [1.29, 1.82) is 0 Å². The lowest BCUT2D eigenvalue weighted by Crippen LogP contribution is -2.35. The van der Waals surface area contributed by atoms with Crippen LogP contribution in [-0.4, -0.2) is 54.6 Å². The minimum Gasteiger partial charge on any atom is -0.476 e. The lowest BCUT2D eigenvalue weighted by molar-refractivity contribution is -0.126. The molecule has 8 nitrogen and oxygen atoms in total. The molecule has 2 aromatic rings. The second kappa shape index (κ2) is 9.97. The highest BCUT2D eigenvalue weighted by Crippen LogP contribution is 2.25. The normalized spacial score (nSPS) is 18.7. The first-order chi connectivity index (χ1) is 15.5. The molecule has 0 aliphatic carbocycles. The molecule has 1 N–H and O–H groups in total. The van der Waals surface area contributed by atoms with Crippen LogP contribution in [0.25, 0.3) is 0 Å². The Bertz CT molecular complexity index is 957. The van der Waals surface area contributed by atoms with E-state index in [2.05, 4.69) is 20.2 Å². The summed E-state index contributed by atoms with van der Waals surface area (Å²) < 4.78 is 5.78. The average molecular weight is 438 g/mol. The van der Waals surface area contributed by atoms with E-state index in [1.807, 2.05) is 44.2 Å². The van der Waals surface area contributed by atoms with E-state index in [-0.39, 0.29) is 24.2 Å². The van der Waals surface area contributed by atoms with E-state index in [1.165, 1.54) is 19.3 Å². The Kier molecular flexibility index (Phi) is 6.87. The third kappa shape index (κ3) is 5.36. The van der Waals surface area contributed by atoms with Crippen molar-refractivity contribution in [2.45, 2.75) is 39.5 Å². The van der Waals surface area contributed by atoms with E-state index in [0.29, 0.717) is 31.4 Å². The van der Waals surface area contributed by atoms with Gasteiger partial charge < -0.3 is 19.9 Å². The number of ether oxygens (including phenoxy) is 1. The van der Waals surface area contributed by atoms with Gasteiger partial charge in [0.1, 0.15) is 18.2 Å². The smallest absolute Gasteiger partial charge is 0.227 e. The van der Waals surface area contributed by atoms with Gasteiger partial charge in [0.15, 0.2) is 0 Å². The van der Waals surface area contributed by atoms with Gasteiger partial charge in [0.05, 0.1) is 12.5 Å². The highest BCUT2D eigenvalue weighted by atomic mass is 16.5. The number of carbonyl (C=O) groups excluding carboxylic acids is 2. The van der Waals surface area contributed by atoms with Crippen LogP contribution < -0.4 is 19.9 Å². The molecule has 0 radical (unpaired) electrons. The fraction of sp³-hybridized carbons (Fsp3) is 0.500. The van der Waals surface area contributed by atoms with Crippen LogP contribution in [0.3, 0.4) is 0 Å². The summed E-state index contributed by atoms with van der Waals surface area (Å²) in [5, 5.41) is 2.89. The Balaban J connectivity index is 1.25. The number of rotatable bonds is 7. The van der Waals surface area contributed by atoms with Crippen molar-refractivity contribution < 1.29 is 14.3 Å². The van der Waals surface area contributed by atoms with E-state index >= 15 is 0 Å². The van der Waals surface area contributed by atoms with Crippen LogP contribution in [0.2, 0.25) is 0 Å². The summed E-state index contributed by atoms with van der Waals surface area (Å²) in [6, 6.07) is 9.65. The molecule has 1 aromatic heterocycles. The molecule has 8 heteroatoms. The van der Waals surface area contributed by atoms with Gasteiger partial charge in [-0.25, -0.2) is 4.98 Å². The SMILES string of the molecule is Cc1ccc(N2CC(C(=O)NCCOc3cc(N4CCCCC4)nc(C)n3)CC2=O)cc1. The van der Waals surface area contributed by atoms with E-state index in [1.54, 1.807) is 4.90 Å². The highest BCUT2D eigenvalue weighted by molar-refractivity contribution is 6.00. The molecule has 32 heavy (non-hydrogen) atoms. The number of hydrogen-bond acceptors (Lipinski definition) is 6. The Morgan fingerprint density at radius 1 is 1.12 bits per heavy atom. The Morgan fingerprint density at radius 2 is 1.88 bits per heavy atom. The third-order valence-electron chi connectivity index (χ3n) is 5.97. The van der Waals surface area contributed by atoms with Gasteiger partial charge in [-0.3, -0.25) is 9.59 Å². The van der Waals surface area contributed by atoms with Crippen molar-refractivity contribution in [3.8, 4) is 5.88 Å². The topological polar surface area (TPSA) is 87.7 Å². The molecule has 3 heterocycles. The fourth-order valence-electron chi connectivity index (χ4n) is 4.22. The molecule has 2 aliphatic rings. The van der Waals surface area contributed by atoms with Crippen LogP contribution in [0.5, 0.6) is 5.88 Å². The van der Waals surface area contributed by atoms with Gasteiger partial charge in [0, 0.05) is 37.8 Å². The minimum absolute atomic E-state index is 0.0213. The largest absolute Gasteiger partial charge is 0.476 e. The van der Waals surface area contributed by atoms with Crippen molar-refractivity contribution in [3.63, 3.8) is 0 Å². The number of nitrogens with zero attached hydrogens (tertiary/aromatic N) is 4. The van der Waals surface area contributed by atoms with Gasteiger partial charge in [0.25, 0.3) is 0 Å². The molecule has 0 spiro atoms. The first-order valence-electron chi connectivity index (χ1n) is 11.4. The minimum atomic E-state index is -0.351. The number of anilines is 2. The lowest BCUT2D eigenvalue weighted by atomic mass is 10.1. The zero-order chi connectivity index (χ0) is 22.5. The summed E-state index contributed by atoms with van der Waals surface area (Å²) >= 11 is 0. The number of hydrogen-bond donors (Lipinski definition) is 1. The molecule has 2 fully saturated rings.